The van der Waals surface area contributed by atoms with Crippen LogP contribution in [-0.2, 0) is 4.79 Å². The summed E-state index contributed by atoms with van der Waals surface area (Å²) >= 11 is 1.86. The maximum absolute atomic E-state index is 11.1. The maximum atomic E-state index is 11.1. The summed E-state index contributed by atoms with van der Waals surface area (Å²) in [5, 5.41) is 13.0. The number of aliphatic carboxylic acids is 1. The smallest absolute Gasteiger partial charge is 0.323 e. The molecule has 0 aliphatic rings. The second-order valence-electron chi connectivity index (χ2n) is 4.99. The van der Waals surface area contributed by atoms with Crippen LogP contribution in [0.2, 0.25) is 0 Å². The monoisotopic (exact) mass is 247 g/mol. The number of carboxylic acid groups (broad SMARTS) is 1. The minimum absolute atomic E-state index is 0.339. The Kier molecular flexibility index (Phi) is 6.41. The van der Waals surface area contributed by atoms with Gasteiger partial charge in [-0.05, 0) is 26.3 Å². The van der Waals surface area contributed by atoms with Crippen LogP contribution in [0.25, 0.3) is 0 Å². The van der Waals surface area contributed by atoms with Gasteiger partial charge >= 0.3 is 5.97 Å². The fourth-order valence-corrected chi connectivity index (χ4v) is 2.92. The summed E-state index contributed by atoms with van der Waals surface area (Å²) in [7, 11) is 1.71. The first-order chi connectivity index (χ1) is 7.23. The van der Waals surface area contributed by atoms with E-state index in [-0.39, 0.29) is 0 Å². The number of hydrogen-bond donors (Lipinski definition) is 2. The molecule has 0 saturated heterocycles. The molecule has 0 radical (unpaired) electrons. The van der Waals surface area contributed by atoms with Gasteiger partial charge in [0.25, 0.3) is 0 Å². The fourth-order valence-electron chi connectivity index (χ4n) is 1.44. The SMILES string of the molecule is CNC(C)(CC(C)SC(C)C(C)C)C(=O)O. The first-order valence-electron chi connectivity index (χ1n) is 5.80. The van der Waals surface area contributed by atoms with Crippen LogP contribution in [0.5, 0.6) is 0 Å². The lowest BCUT2D eigenvalue weighted by Gasteiger charge is -2.29. The highest BCUT2D eigenvalue weighted by Crippen LogP contribution is 2.28. The van der Waals surface area contributed by atoms with Gasteiger partial charge in [0.2, 0.25) is 0 Å². The minimum Gasteiger partial charge on any atom is -0.480 e. The van der Waals surface area contributed by atoms with Crippen molar-refractivity contribution in [1.29, 1.82) is 0 Å². The third-order valence-corrected chi connectivity index (χ3v) is 4.71. The third kappa shape index (κ3) is 4.74. The molecule has 0 rings (SSSR count). The van der Waals surface area contributed by atoms with Crippen molar-refractivity contribution in [2.45, 2.75) is 57.1 Å². The van der Waals surface area contributed by atoms with E-state index in [9.17, 15) is 4.79 Å². The molecular weight excluding hydrogens is 222 g/mol. The van der Waals surface area contributed by atoms with Gasteiger partial charge in [0.05, 0.1) is 0 Å². The quantitative estimate of drug-likeness (QED) is 0.726. The van der Waals surface area contributed by atoms with Gasteiger partial charge in [0, 0.05) is 10.5 Å². The van der Waals surface area contributed by atoms with E-state index >= 15 is 0 Å². The predicted octanol–water partition coefficient (Wildman–Crippen LogP) is 2.61. The van der Waals surface area contributed by atoms with Crippen molar-refractivity contribution in [3.63, 3.8) is 0 Å². The molecule has 0 fully saturated rings. The van der Waals surface area contributed by atoms with Crippen molar-refractivity contribution in [2.24, 2.45) is 5.92 Å². The van der Waals surface area contributed by atoms with Crippen molar-refractivity contribution in [2.75, 3.05) is 7.05 Å². The van der Waals surface area contributed by atoms with Gasteiger partial charge in [-0.1, -0.05) is 27.7 Å². The average molecular weight is 247 g/mol. The minimum atomic E-state index is -0.816. The summed E-state index contributed by atoms with van der Waals surface area (Å²) in [6.45, 7) is 10.4. The highest BCUT2D eigenvalue weighted by Gasteiger charge is 2.33. The average Bonchev–Trinajstić information content (AvgIpc) is 2.16. The molecule has 3 atom stereocenters. The molecule has 0 aromatic rings. The Morgan fingerprint density at radius 3 is 2.19 bits per heavy atom. The van der Waals surface area contributed by atoms with Gasteiger partial charge in [-0.15, -0.1) is 0 Å². The van der Waals surface area contributed by atoms with E-state index in [1.807, 2.05) is 11.8 Å². The van der Waals surface area contributed by atoms with Crippen molar-refractivity contribution in [3.8, 4) is 0 Å². The van der Waals surface area contributed by atoms with Gasteiger partial charge in [-0.25, -0.2) is 0 Å². The van der Waals surface area contributed by atoms with E-state index in [0.29, 0.717) is 22.8 Å². The summed E-state index contributed by atoms with van der Waals surface area (Å²) in [5.74, 6) is -0.155. The molecule has 2 N–H and O–H groups in total. The van der Waals surface area contributed by atoms with Gasteiger partial charge < -0.3 is 10.4 Å². The van der Waals surface area contributed by atoms with E-state index in [0.717, 1.165) is 0 Å². The Labute approximate surface area is 103 Å². The normalized spacial score (nSPS) is 19.2. The molecule has 0 aliphatic heterocycles. The zero-order chi connectivity index (χ0) is 12.9. The molecule has 96 valence electrons. The largest absolute Gasteiger partial charge is 0.480 e. The van der Waals surface area contributed by atoms with Crippen molar-refractivity contribution in [1.82, 2.24) is 5.32 Å². The summed E-state index contributed by atoms with van der Waals surface area (Å²) < 4.78 is 0. The van der Waals surface area contributed by atoms with Gasteiger partial charge in [0.1, 0.15) is 5.54 Å². The van der Waals surface area contributed by atoms with E-state index in [1.165, 1.54) is 0 Å². The van der Waals surface area contributed by atoms with E-state index in [2.05, 4.69) is 33.0 Å². The number of nitrogens with one attached hydrogen (secondary N) is 1. The Morgan fingerprint density at radius 1 is 1.38 bits per heavy atom. The Bertz CT molecular complexity index is 233. The van der Waals surface area contributed by atoms with Crippen LogP contribution in [0.15, 0.2) is 0 Å². The summed E-state index contributed by atoms with van der Waals surface area (Å²) in [6, 6.07) is 0. The van der Waals surface area contributed by atoms with E-state index in [4.69, 9.17) is 5.11 Å². The highest BCUT2D eigenvalue weighted by molar-refractivity contribution is 8.00. The van der Waals surface area contributed by atoms with Gasteiger partial charge in [0.15, 0.2) is 0 Å². The van der Waals surface area contributed by atoms with Crippen LogP contribution in [-0.4, -0.2) is 34.2 Å². The molecule has 0 aromatic heterocycles. The van der Waals surface area contributed by atoms with Crippen molar-refractivity contribution >= 4 is 17.7 Å². The van der Waals surface area contributed by atoms with Gasteiger partial charge in [-0.3, -0.25) is 4.79 Å². The molecule has 0 spiro atoms. The Hall–Kier alpha value is -0.220. The zero-order valence-electron chi connectivity index (χ0n) is 11.2. The van der Waals surface area contributed by atoms with Crippen LogP contribution in [0.1, 0.15) is 41.0 Å². The first-order valence-corrected chi connectivity index (χ1v) is 6.75. The second kappa shape index (κ2) is 6.50. The fraction of sp³-hybridized carbons (Fsp3) is 0.917. The first kappa shape index (κ1) is 15.8. The number of thioether (sulfide) groups is 1. The zero-order valence-corrected chi connectivity index (χ0v) is 12.0. The van der Waals surface area contributed by atoms with E-state index < -0.39 is 11.5 Å². The molecule has 0 saturated carbocycles. The number of carboxylic acids is 1. The molecule has 3 unspecified atom stereocenters. The molecular formula is C12H25NO2S. The molecule has 0 amide bonds. The predicted molar refractivity (Wildman–Crippen MR) is 71.1 cm³/mol. The molecule has 0 heterocycles. The van der Waals surface area contributed by atoms with Crippen molar-refractivity contribution < 1.29 is 9.90 Å². The van der Waals surface area contributed by atoms with Crippen LogP contribution in [0.3, 0.4) is 0 Å². The van der Waals surface area contributed by atoms with Crippen LogP contribution < -0.4 is 5.32 Å². The molecule has 0 aliphatic carbocycles. The van der Waals surface area contributed by atoms with Crippen LogP contribution in [0.4, 0.5) is 0 Å². The number of rotatable bonds is 7. The highest BCUT2D eigenvalue weighted by atomic mass is 32.2. The molecule has 0 aromatic carbocycles. The third-order valence-electron chi connectivity index (χ3n) is 3.11. The lowest BCUT2D eigenvalue weighted by Crippen LogP contribution is -2.49. The van der Waals surface area contributed by atoms with Crippen molar-refractivity contribution in [3.05, 3.63) is 0 Å². The lowest BCUT2D eigenvalue weighted by atomic mass is 9.96. The molecule has 0 bridgehead atoms. The molecule has 4 heteroatoms. The number of carbonyl (C=O) groups is 1. The van der Waals surface area contributed by atoms with Crippen LogP contribution in [0, 0.1) is 5.92 Å². The Balaban J connectivity index is 4.32. The Morgan fingerprint density at radius 2 is 1.88 bits per heavy atom. The topological polar surface area (TPSA) is 49.3 Å². The molecule has 16 heavy (non-hydrogen) atoms. The van der Waals surface area contributed by atoms with E-state index in [1.54, 1.807) is 14.0 Å². The maximum Gasteiger partial charge on any atom is 0.323 e. The molecule has 3 nitrogen and oxygen atoms in total. The standard InChI is InChI=1S/C12H25NO2S/c1-8(2)10(4)16-9(3)7-12(5,13-6)11(14)15/h8-10,13H,7H2,1-6H3,(H,14,15). The summed E-state index contributed by atoms with van der Waals surface area (Å²) in [5.41, 5.74) is -0.816. The second-order valence-corrected chi connectivity index (χ2v) is 6.81. The van der Waals surface area contributed by atoms with Gasteiger partial charge in [-0.2, -0.15) is 11.8 Å². The van der Waals surface area contributed by atoms with Crippen LogP contribution >= 0.6 is 11.8 Å². The number of likely N-dealkylation sites (N-methyl/N-ethyl adjacent to an activating group) is 1. The lowest BCUT2D eigenvalue weighted by molar-refractivity contribution is -0.144. The number of hydrogen-bond acceptors (Lipinski definition) is 3. The summed E-state index contributed by atoms with van der Waals surface area (Å²) in [4.78, 5) is 11.1. The summed E-state index contributed by atoms with van der Waals surface area (Å²) in [6.07, 6.45) is 0.639.